The van der Waals surface area contributed by atoms with Crippen molar-refractivity contribution < 1.29 is 19.5 Å². The van der Waals surface area contributed by atoms with Gasteiger partial charge in [-0.25, -0.2) is 9.48 Å². The number of aromatic nitrogens is 3. The second-order valence-corrected chi connectivity index (χ2v) is 10.0. The monoisotopic (exact) mass is 475 g/mol. The Bertz CT molecular complexity index is 1050. The van der Waals surface area contributed by atoms with Crippen molar-refractivity contribution in [2.45, 2.75) is 44.9 Å². The number of fused-ring (bicyclic) bond motifs is 1. The van der Waals surface area contributed by atoms with Gasteiger partial charge in [-0.2, -0.15) is 0 Å². The number of nitrogens with zero attached hydrogens (tertiary/aromatic N) is 5. The van der Waals surface area contributed by atoms with E-state index in [0.29, 0.717) is 17.9 Å². The zero-order valence-corrected chi connectivity index (χ0v) is 20.1. The fourth-order valence-electron chi connectivity index (χ4n) is 4.79. The molecule has 1 aromatic heterocycles. The molecule has 3 aliphatic heterocycles. The first-order valence-electron chi connectivity index (χ1n) is 10.9. The Balaban J connectivity index is 1.53. The lowest BCUT2D eigenvalue weighted by atomic mass is 9.78. The molecule has 1 saturated heterocycles. The molecule has 0 unspecified atom stereocenters. The first kappa shape index (κ1) is 23.3. The standard InChI is InChI=1S/C21H29N7O4S/c1-10-16-15(11(2)27-9-12(7-22-3)24-25-27)20(30)28(16)17(21(31)32)18(10)33-13-6-14(23-8-13)19(29)26(4)5/h8-11,14-16,22-23H,6-7H2,1-5H3,(H,31,32)/t10-,11-,14+,15-,16-/m1/s1. The fourth-order valence-corrected chi connectivity index (χ4v) is 6.06. The molecule has 0 bridgehead atoms. The number of carbonyl (C=O) groups is 3. The van der Waals surface area contributed by atoms with Gasteiger partial charge in [0, 0.05) is 49.0 Å². The van der Waals surface area contributed by atoms with Crippen LogP contribution in [0, 0.1) is 11.8 Å². The van der Waals surface area contributed by atoms with Crippen LogP contribution >= 0.6 is 11.8 Å². The maximum Gasteiger partial charge on any atom is 0.353 e. The van der Waals surface area contributed by atoms with Crippen molar-refractivity contribution in [3.05, 3.63) is 33.6 Å². The summed E-state index contributed by atoms with van der Waals surface area (Å²) in [6.07, 6.45) is 4.07. The predicted octanol–water partition coefficient (Wildman–Crippen LogP) is 0.356. The van der Waals surface area contributed by atoms with Gasteiger partial charge in [-0.05, 0) is 14.0 Å². The van der Waals surface area contributed by atoms with Crippen LogP contribution < -0.4 is 10.6 Å². The van der Waals surface area contributed by atoms with E-state index in [-0.39, 0.29) is 41.6 Å². The molecular weight excluding hydrogens is 446 g/mol. The molecule has 4 heterocycles. The maximum absolute atomic E-state index is 13.1. The number of carboxylic acids is 1. The average molecular weight is 476 g/mol. The number of hydrogen-bond acceptors (Lipinski definition) is 8. The second-order valence-electron chi connectivity index (χ2n) is 8.86. The highest BCUT2D eigenvalue weighted by Gasteiger charge is 2.60. The molecule has 5 atom stereocenters. The summed E-state index contributed by atoms with van der Waals surface area (Å²) in [7, 11) is 5.23. The summed E-state index contributed by atoms with van der Waals surface area (Å²) in [5.41, 5.74) is 0.819. The molecule has 12 heteroatoms. The van der Waals surface area contributed by atoms with Gasteiger partial charge in [0.25, 0.3) is 0 Å². The SMILES string of the molecule is CNCc1cn([C@H](C)[C@H]2C(=O)N3C(C(=O)O)=C(SC4=CN[C@H](C(=O)N(C)C)C4)[C@H](C)[C@H]23)nn1. The molecule has 3 aliphatic rings. The molecule has 1 aromatic rings. The van der Waals surface area contributed by atoms with E-state index in [4.69, 9.17) is 0 Å². The van der Waals surface area contributed by atoms with Crippen molar-refractivity contribution in [1.82, 2.24) is 35.4 Å². The third-order valence-electron chi connectivity index (χ3n) is 6.47. The Labute approximate surface area is 196 Å². The van der Waals surface area contributed by atoms with Crippen LogP contribution in [0.3, 0.4) is 0 Å². The molecule has 178 valence electrons. The Hall–Kier alpha value is -2.86. The Morgan fingerprint density at radius 2 is 2.15 bits per heavy atom. The van der Waals surface area contributed by atoms with E-state index >= 15 is 0 Å². The summed E-state index contributed by atoms with van der Waals surface area (Å²) in [6, 6.07) is -0.876. The van der Waals surface area contributed by atoms with Gasteiger partial charge in [0.2, 0.25) is 11.8 Å². The summed E-state index contributed by atoms with van der Waals surface area (Å²) >= 11 is 1.35. The Morgan fingerprint density at radius 1 is 1.42 bits per heavy atom. The first-order chi connectivity index (χ1) is 15.6. The Morgan fingerprint density at radius 3 is 2.79 bits per heavy atom. The number of amides is 2. The first-order valence-corrected chi connectivity index (χ1v) is 11.7. The number of thioether (sulfide) groups is 1. The number of hydrogen-bond donors (Lipinski definition) is 3. The normalized spacial score (nSPS) is 27.1. The summed E-state index contributed by atoms with van der Waals surface area (Å²) in [5.74, 6) is -1.91. The quantitative estimate of drug-likeness (QED) is 0.456. The van der Waals surface area contributed by atoms with Crippen molar-refractivity contribution in [1.29, 1.82) is 0 Å². The van der Waals surface area contributed by atoms with E-state index in [9.17, 15) is 19.5 Å². The van der Waals surface area contributed by atoms with Crippen LogP contribution in [0.15, 0.2) is 27.9 Å². The van der Waals surface area contributed by atoms with E-state index in [0.717, 1.165) is 10.6 Å². The molecule has 0 radical (unpaired) electrons. The number of β-lactam (4-membered cyclic amide) rings is 1. The van der Waals surface area contributed by atoms with Gasteiger partial charge < -0.3 is 25.5 Å². The lowest BCUT2D eigenvalue weighted by Crippen LogP contribution is -2.62. The van der Waals surface area contributed by atoms with Crippen molar-refractivity contribution >= 4 is 29.5 Å². The molecule has 33 heavy (non-hydrogen) atoms. The molecule has 0 aliphatic carbocycles. The zero-order valence-electron chi connectivity index (χ0n) is 19.3. The van der Waals surface area contributed by atoms with Crippen LogP contribution in [0.5, 0.6) is 0 Å². The average Bonchev–Trinajstić information content (AvgIpc) is 3.47. The molecule has 4 rings (SSSR count). The minimum absolute atomic E-state index is 0.0351. The molecule has 0 aromatic carbocycles. The highest BCUT2D eigenvalue weighted by Crippen LogP contribution is 2.54. The highest BCUT2D eigenvalue weighted by molar-refractivity contribution is 8.06. The fraction of sp³-hybridized carbons (Fsp3) is 0.571. The minimum atomic E-state index is -1.11. The predicted molar refractivity (Wildman–Crippen MR) is 121 cm³/mol. The molecule has 1 fully saturated rings. The van der Waals surface area contributed by atoms with Crippen molar-refractivity contribution in [2.24, 2.45) is 11.8 Å². The number of rotatable bonds is 8. The van der Waals surface area contributed by atoms with Crippen LogP contribution in [-0.4, -0.2) is 80.9 Å². The minimum Gasteiger partial charge on any atom is -0.477 e. The van der Waals surface area contributed by atoms with E-state index in [1.54, 1.807) is 25.0 Å². The summed E-state index contributed by atoms with van der Waals surface area (Å²) < 4.78 is 1.69. The lowest BCUT2D eigenvalue weighted by Gasteiger charge is -2.47. The van der Waals surface area contributed by atoms with Crippen LogP contribution in [0.1, 0.15) is 32.0 Å². The van der Waals surface area contributed by atoms with Crippen molar-refractivity contribution in [3.8, 4) is 0 Å². The van der Waals surface area contributed by atoms with Crippen LogP contribution in [0.2, 0.25) is 0 Å². The van der Waals surface area contributed by atoms with Crippen molar-refractivity contribution in [3.63, 3.8) is 0 Å². The summed E-state index contributed by atoms with van der Waals surface area (Å²) in [6.45, 7) is 4.45. The third-order valence-corrected chi connectivity index (χ3v) is 7.81. The van der Waals surface area contributed by atoms with Gasteiger partial charge in [0.15, 0.2) is 0 Å². The maximum atomic E-state index is 13.1. The topological polar surface area (TPSA) is 133 Å². The van der Waals surface area contributed by atoms with Gasteiger partial charge >= 0.3 is 5.97 Å². The molecule has 3 N–H and O–H groups in total. The summed E-state index contributed by atoms with van der Waals surface area (Å²) in [5, 5.41) is 24.3. The third kappa shape index (κ3) is 3.90. The van der Waals surface area contributed by atoms with Crippen LogP contribution in [0.4, 0.5) is 0 Å². The number of nitrogens with one attached hydrogen (secondary N) is 2. The molecule has 0 saturated carbocycles. The molecule has 11 nitrogen and oxygen atoms in total. The van der Waals surface area contributed by atoms with Crippen molar-refractivity contribution in [2.75, 3.05) is 21.1 Å². The van der Waals surface area contributed by atoms with Gasteiger partial charge in [0.05, 0.1) is 29.9 Å². The molecule has 2 amide bonds. The lowest BCUT2D eigenvalue weighted by molar-refractivity contribution is -0.159. The largest absolute Gasteiger partial charge is 0.477 e. The zero-order chi connectivity index (χ0) is 24.0. The van der Waals surface area contributed by atoms with Crippen LogP contribution in [0.25, 0.3) is 0 Å². The van der Waals surface area contributed by atoms with Gasteiger partial charge in [0.1, 0.15) is 11.7 Å². The smallest absolute Gasteiger partial charge is 0.353 e. The van der Waals surface area contributed by atoms with Crippen LogP contribution in [-0.2, 0) is 20.9 Å². The molecule has 0 spiro atoms. The van der Waals surface area contributed by atoms with E-state index in [2.05, 4.69) is 20.9 Å². The number of carboxylic acid groups (broad SMARTS) is 1. The van der Waals surface area contributed by atoms with Gasteiger partial charge in [-0.1, -0.05) is 23.9 Å². The van der Waals surface area contributed by atoms with Gasteiger partial charge in [-0.3, -0.25) is 9.59 Å². The number of carbonyl (C=O) groups excluding carboxylic acids is 2. The van der Waals surface area contributed by atoms with E-state index in [1.807, 2.05) is 27.1 Å². The molecular formula is C21H29N7O4S. The number of likely N-dealkylation sites (N-methyl/N-ethyl adjacent to an activating group) is 1. The Kier molecular flexibility index (Phi) is 6.23. The highest BCUT2D eigenvalue weighted by atomic mass is 32.2. The van der Waals surface area contributed by atoms with Gasteiger partial charge in [-0.15, -0.1) is 5.10 Å². The summed E-state index contributed by atoms with van der Waals surface area (Å²) in [4.78, 5) is 42.0. The number of aliphatic carboxylic acids is 1. The second kappa shape index (κ2) is 8.82. The van der Waals surface area contributed by atoms with E-state index < -0.39 is 11.9 Å². The van der Waals surface area contributed by atoms with E-state index in [1.165, 1.54) is 21.6 Å².